The molecular formula is C18H28O. The summed E-state index contributed by atoms with van der Waals surface area (Å²) in [5.41, 5.74) is 2.94. The van der Waals surface area contributed by atoms with Gasteiger partial charge in [0.05, 0.1) is 7.11 Å². The molecule has 0 aliphatic heterocycles. The average molecular weight is 260 g/mol. The Labute approximate surface area is 118 Å². The van der Waals surface area contributed by atoms with Crippen molar-refractivity contribution in [2.45, 2.75) is 58.8 Å². The first-order chi connectivity index (χ1) is 9.26. The number of rotatable bonds is 8. The van der Waals surface area contributed by atoms with E-state index < -0.39 is 0 Å². The molecule has 0 spiro atoms. The molecule has 0 fully saturated rings. The Morgan fingerprint density at radius 3 is 2.53 bits per heavy atom. The van der Waals surface area contributed by atoms with Crippen LogP contribution in [0.25, 0.3) is 0 Å². The van der Waals surface area contributed by atoms with Crippen LogP contribution in [0.2, 0.25) is 0 Å². The van der Waals surface area contributed by atoms with Crippen molar-refractivity contribution < 1.29 is 4.74 Å². The maximum absolute atomic E-state index is 5.34. The fourth-order valence-electron chi connectivity index (χ4n) is 2.59. The Balaban J connectivity index is 2.96. The lowest BCUT2D eigenvalue weighted by atomic mass is 9.87. The summed E-state index contributed by atoms with van der Waals surface area (Å²) in [6.45, 7) is 6.69. The molecule has 0 saturated heterocycles. The molecule has 0 saturated carbocycles. The first-order valence-electron chi connectivity index (χ1n) is 7.58. The van der Waals surface area contributed by atoms with Crippen molar-refractivity contribution in [2.24, 2.45) is 0 Å². The van der Waals surface area contributed by atoms with Gasteiger partial charge in [0.1, 0.15) is 5.75 Å². The Morgan fingerprint density at radius 1 is 1.16 bits per heavy atom. The normalized spacial score (nSPS) is 12.8. The Bertz CT molecular complexity index is 393. The minimum Gasteiger partial charge on any atom is -0.497 e. The fourth-order valence-corrected chi connectivity index (χ4v) is 2.59. The summed E-state index contributed by atoms with van der Waals surface area (Å²) in [5.74, 6) is 1.62. The molecule has 0 N–H and O–H groups in total. The standard InChI is InChI=1S/C18H28O/c1-5-8-9-11-16(10-6-2)18-13-12-17(19-4)14-15(18)7-3/h8-9,12-14,16H,5-7,10-11H2,1-4H3/b9-8-. The molecule has 1 aromatic rings. The van der Waals surface area contributed by atoms with Crippen LogP contribution in [0.4, 0.5) is 0 Å². The highest BCUT2D eigenvalue weighted by molar-refractivity contribution is 5.38. The number of methoxy groups -OCH3 is 1. The van der Waals surface area contributed by atoms with Crippen LogP contribution < -0.4 is 4.74 Å². The molecule has 1 nitrogen and oxygen atoms in total. The van der Waals surface area contributed by atoms with E-state index in [1.807, 2.05) is 0 Å². The highest BCUT2D eigenvalue weighted by Crippen LogP contribution is 2.31. The molecule has 19 heavy (non-hydrogen) atoms. The highest BCUT2D eigenvalue weighted by atomic mass is 16.5. The predicted molar refractivity (Wildman–Crippen MR) is 84.1 cm³/mol. The third-order valence-electron chi connectivity index (χ3n) is 3.63. The number of benzene rings is 1. The van der Waals surface area contributed by atoms with Crippen LogP contribution >= 0.6 is 0 Å². The maximum atomic E-state index is 5.34. The Hall–Kier alpha value is -1.24. The fraction of sp³-hybridized carbons (Fsp3) is 0.556. The van der Waals surface area contributed by atoms with Gasteiger partial charge in [0.15, 0.2) is 0 Å². The van der Waals surface area contributed by atoms with E-state index in [4.69, 9.17) is 4.74 Å². The zero-order chi connectivity index (χ0) is 14.1. The van der Waals surface area contributed by atoms with Gasteiger partial charge in [-0.15, -0.1) is 0 Å². The molecular weight excluding hydrogens is 232 g/mol. The van der Waals surface area contributed by atoms with Crippen LogP contribution in [0.5, 0.6) is 5.75 Å². The lowest BCUT2D eigenvalue weighted by molar-refractivity contribution is 0.414. The Morgan fingerprint density at radius 2 is 1.95 bits per heavy atom. The first-order valence-corrected chi connectivity index (χ1v) is 7.58. The molecule has 0 heterocycles. The lowest BCUT2D eigenvalue weighted by Gasteiger charge is -2.19. The van der Waals surface area contributed by atoms with Gasteiger partial charge in [0.25, 0.3) is 0 Å². The second-order valence-electron chi connectivity index (χ2n) is 5.02. The third-order valence-corrected chi connectivity index (χ3v) is 3.63. The van der Waals surface area contributed by atoms with Crippen molar-refractivity contribution >= 4 is 0 Å². The number of ether oxygens (including phenoxy) is 1. The van der Waals surface area contributed by atoms with Crippen molar-refractivity contribution in [1.82, 2.24) is 0 Å². The second kappa shape index (κ2) is 8.79. The van der Waals surface area contributed by atoms with Gasteiger partial charge in [-0.05, 0) is 54.9 Å². The largest absolute Gasteiger partial charge is 0.497 e. The second-order valence-corrected chi connectivity index (χ2v) is 5.02. The molecule has 1 heteroatoms. The smallest absolute Gasteiger partial charge is 0.119 e. The molecule has 0 aromatic heterocycles. The van der Waals surface area contributed by atoms with E-state index >= 15 is 0 Å². The summed E-state index contributed by atoms with van der Waals surface area (Å²) in [6, 6.07) is 6.56. The van der Waals surface area contributed by atoms with Gasteiger partial charge in [-0.1, -0.05) is 45.4 Å². The summed E-state index contributed by atoms with van der Waals surface area (Å²) in [4.78, 5) is 0. The molecule has 0 aliphatic carbocycles. The average Bonchev–Trinajstić information content (AvgIpc) is 2.46. The topological polar surface area (TPSA) is 9.23 Å². The molecule has 1 aromatic carbocycles. The molecule has 1 rings (SSSR count). The van der Waals surface area contributed by atoms with Gasteiger partial charge in [0.2, 0.25) is 0 Å². The summed E-state index contributed by atoms with van der Waals surface area (Å²) in [7, 11) is 1.74. The van der Waals surface area contributed by atoms with E-state index in [2.05, 4.69) is 51.1 Å². The van der Waals surface area contributed by atoms with Crippen LogP contribution in [0, 0.1) is 0 Å². The van der Waals surface area contributed by atoms with Gasteiger partial charge < -0.3 is 4.74 Å². The van der Waals surface area contributed by atoms with Crippen molar-refractivity contribution in [3.63, 3.8) is 0 Å². The van der Waals surface area contributed by atoms with Crippen molar-refractivity contribution in [3.05, 3.63) is 41.5 Å². The summed E-state index contributed by atoms with van der Waals surface area (Å²) >= 11 is 0. The van der Waals surface area contributed by atoms with Crippen LogP contribution in [0.3, 0.4) is 0 Å². The molecule has 0 bridgehead atoms. The number of allylic oxidation sites excluding steroid dienone is 2. The van der Waals surface area contributed by atoms with Gasteiger partial charge in [-0.2, -0.15) is 0 Å². The zero-order valence-corrected chi connectivity index (χ0v) is 12.9. The van der Waals surface area contributed by atoms with Gasteiger partial charge in [-0.3, -0.25) is 0 Å². The van der Waals surface area contributed by atoms with Crippen LogP contribution in [0.15, 0.2) is 30.4 Å². The van der Waals surface area contributed by atoms with Gasteiger partial charge in [0, 0.05) is 0 Å². The number of hydrogen-bond donors (Lipinski definition) is 0. The highest BCUT2D eigenvalue weighted by Gasteiger charge is 2.13. The van der Waals surface area contributed by atoms with Crippen molar-refractivity contribution in [3.8, 4) is 5.75 Å². The number of hydrogen-bond acceptors (Lipinski definition) is 1. The Kier molecular flexibility index (Phi) is 7.32. The van der Waals surface area contributed by atoms with Crippen LogP contribution in [-0.2, 0) is 6.42 Å². The lowest BCUT2D eigenvalue weighted by Crippen LogP contribution is -2.02. The summed E-state index contributed by atoms with van der Waals surface area (Å²) in [5, 5.41) is 0. The summed E-state index contributed by atoms with van der Waals surface area (Å²) < 4.78 is 5.34. The van der Waals surface area contributed by atoms with Crippen LogP contribution in [-0.4, -0.2) is 7.11 Å². The molecule has 1 unspecified atom stereocenters. The van der Waals surface area contributed by atoms with E-state index in [-0.39, 0.29) is 0 Å². The molecule has 0 aliphatic rings. The first kappa shape index (κ1) is 15.8. The van der Waals surface area contributed by atoms with Gasteiger partial charge >= 0.3 is 0 Å². The SMILES string of the molecule is CC/C=C\CC(CCC)c1ccc(OC)cc1CC. The van der Waals surface area contributed by atoms with Crippen molar-refractivity contribution in [2.75, 3.05) is 7.11 Å². The quantitative estimate of drug-likeness (QED) is 0.561. The monoisotopic (exact) mass is 260 g/mol. The van der Waals surface area contributed by atoms with E-state index in [1.165, 1.54) is 24.0 Å². The third kappa shape index (κ3) is 4.74. The molecule has 0 radical (unpaired) electrons. The number of aryl methyl sites for hydroxylation is 1. The van der Waals surface area contributed by atoms with E-state index in [1.54, 1.807) is 7.11 Å². The van der Waals surface area contributed by atoms with E-state index in [9.17, 15) is 0 Å². The molecule has 1 atom stereocenters. The summed E-state index contributed by atoms with van der Waals surface area (Å²) in [6.07, 6.45) is 10.5. The van der Waals surface area contributed by atoms with E-state index in [0.29, 0.717) is 5.92 Å². The molecule has 0 amide bonds. The van der Waals surface area contributed by atoms with Gasteiger partial charge in [-0.25, -0.2) is 0 Å². The van der Waals surface area contributed by atoms with Crippen LogP contribution in [0.1, 0.15) is 63.5 Å². The maximum Gasteiger partial charge on any atom is 0.119 e. The minimum absolute atomic E-state index is 0.647. The zero-order valence-electron chi connectivity index (χ0n) is 12.9. The van der Waals surface area contributed by atoms with E-state index in [0.717, 1.165) is 25.0 Å². The predicted octanol–water partition coefficient (Wildman–Crippen LogP) is 5.50. The molecule has 106 valence electrons. The van der Waals surface area contributed by atoms with Crippen molar-refractivity contribution in [1.29, 1.82) is 0 Å². The minimum atomic E-state index is 0.647.